The second-order valence-corrected chi connectivity index (χ2v) is 4.45. The summed E-state index contributed by atoms with van der Waals surface area (Å²) in [6.07, 6.45) is 3.45. The van der Waals surface area contributed by atoms with Gasteiger partial charge in [-0.15, -0.1) is 0 Å². The van der Waals surface area contributed by atoms with Crippen LogP contribution in [0.4, 0.5) is 10.1 Å². The van der Waals surface area contributed by atoms with Crippen molar-refractivity contribution >= 4 is 5.69 Å². The van der Waals surface area contributed by atoms with E-state index in [1.165, 1.54) is 24.3 Å². The summed E-state index contributed by atoms with van der Waals surface area (Å²) in [6.45, 7) is 0. The maximum Gasteiger partial charge on any atom is 0.269 e. The number of hydrogen-bond donors (Lipinski definition) is 0. The van der Waals surface area contributed by atoms with Gasteiger partial charge in [0.2, 0.25) is 0 Å². The molecule has 0 radical (unpaired) electrons. The van der Waals surface area contributed by atoms with Crippen molar-refractivity contribution in [3.8, 4) is 16.8 Å². The van der Waals surface area contributed by atoms with Crippen molar-refractivity contribution in [1.82, 2.24) is 9.78 Å². The number of halogens is 1. The third-order valence-electron chi connectivity index (χ3n) is 3.09. The standard InChI is InChI=1S/C15H10FN3O2/c16-13-3-1-11(2-4-13)12-9-17-18(10-12)14-5-7-15(8-6-14)19(20)21/h1-10H. The van der Waals surface area contributed by atoms with Gasteiger partial charge in [-0.05, 0) is 29.8 Å². The van der Waals surface area contributed by atoms with Crippen molar-refractivity contribution in [3.05, 3.63) is 76.9 Å². The zero-order valence-electron chi connectivity index (χ0n) is 10.8. The van der Waals surface area contributed by atoms with Gasteiger partial charge in [0, 0.05) is 23.9 Å². The molecule has 0 spiro atoms. The number of non-ortho nitro benzene ring substituents is 1. The van der Waals surface area contributed by atoms with Gasteiger partial charge in [0.1, 0.15) is 5.82 Å². The average molecular weight is 283 g/mol. The summed E-state index contributed by atoms with van der Waals surface area (Å²) >= 11 is 0. The maximum atomic E-state index is 12.9. The zero-order valence-corrected chi connectivity index (χ0v) is 10.8. The van der Waals surface area contributed by atoms with Crippen molar-refractivity contribution in [2.75, 3.05) is 0 Å². The summed E-state index contributed by atoms with van der Waals surface area (Å²) in [5.74, 6) is -0.290. The molecule has 0 saturated carbocycles. The third kappa shape index (κ3) is 2.64. The van der Waals surface area contributed by atoms with Crippen LogP contribution in [0.15, 0.2) is 60.9 Å². The molecule has 0 aliphatic carbocycles. The Hall–Kier alpha value is -3.02. The van der Waals surface area contributed by atoms with Gasteiger partial charge in [0.15, 0.2) is 0 Å². The number of benzene rings is 2. The lowest BCUT2D eigenvalue weighted by atomic mass is 10.1. The van der Waals surface area contributed by atoms with Gasteiger partial charge in [0.05, 0.1) is 16.8 Å². The maximum absolute atomic E-state index is 12.9. The normalized spacial score (nSPS) is 10.5. The molecule has 21 heavy (non-hydrogen) atoms. The molecule has 0 atom stereocenters. The largest absolute Gasteiger partial charge is 0.269 e. The molecule has 0 aliphatic heterocycles. The lowest BCUT2D eigenvalue weighted by Crippen LogP contribution is -1.94. The lowest BCUT2D eigenvalue weighted by molar-refractivity contribution is -0.384. The zero-order chi connectivity index (χ0) is 14.8. The van der Waals surface area contributed by atoms with Gasteiger partial charge in [-0.2, -0.15) is 5.10 Å². The molecule has 1 aromatic heterocycles. The quantitative estimate of drug-likeness (QED) is 0.545. The van der Waals surface area contributed by atoms with Crippen LogP contribution < -0.4 is 0 Å². The molecule has 0 bridgehead atoms. The Bertz CT molecular complexity index is 779. The van der Waals surface area contributed by atoms with Crippen molar-refractivity contribution in [2.45, 2.75) is 0 Å². The first-order valence-electron chi connectivity index (χ1n) is 6.19. The Morgan fingerprint density at radius 1 is 1.00 bits per heavy atom. The van der Waals surface area contributed by atoms with Crippen LogP contribution in [0.3, 0.4) is 0 Å². The van der Waals surface area contributed by atoms with Crippen molar-refractivity contribution in [2.24, 2.45) is 0 Å². The minimum atomic E-state index is -0.448. The first-order chi connectivity index (χ1) is 10.1. The molecule has 0 saturated heterocycles. The summed E-state index contributed by atoms with van der Waals surface area (Å²) < 4.78 is 14.5. The Kier molecular flexibility index (Phi) is 3.19. The van der Waals surface area contributed by atoms with E-state index in [1.54, 1.807) is 41.3 Å². The molecule has 0 unspecified atom stereocenters. The van der Waals surface area contributed by atoms with Crippen LogP contribution in [0.1, 0.15) is 0 Å². The molecule has 6 heteroatoms. The van der Waals surface area contributed by atoms with Gasteiger partial charge >= 0.3 is 0 Å². The fourth-order valence-corrected chi connectivity index (χ4v) is 1.98. The van der Waals surface area contributed by atoms with E-state index in [1.807, 2.05) is 0 Å². The topological polar surface area (TPSA) is 61.0 Å². The molecular formula is C15H10FN3O2. The van der Waals surface area contributed by atoms with Gasteiger partial charge in [-0.3, -0.25) is 10.1 Å². The van der Waals surface area contributed by atoms with Crippen molar-refractivity contribution in [3.63, 3.8) is 0 Å². The highest BCUT2D eigenvalue weighted by atomic mass is 19.1. The number of nitro groups is 1. The van der Waals surface area contributed by atoms with Gasteiger partial charge < -0.3 is 0 Å². The highest BCUT2D eigenvalue weighted by Gasteiger charge is 2.07. The first kappa shape index (κ1) is 13.0. The molecule has 0 N–H and O–H groups in total. The van der Waals surface area contributed by atoms with Crippen LogP contribution in [0.25, 0.3) is 16.8 Å². The SMILES string of the molecule is O=[N+]([O-])c1ccc(-n2cc(-c3ccc(F)cc3)cn2)cc1. The van der Waals surface area contributed by atoms with E-state index in [2.05, 4.69) is 5.10 Å². The Labute approximate surface area is 119 Å². The van der Waals surface area contributed by atoms with Crippen LogP contribution in [-0.2, 0) is 0 Å². The summed E-state index contributed by atoms with van der Waals surface area (Å²) in [5.41, 5.74) is 2.44. The minimum Gasteiger partial charge on any atom is -0.258 e. The Morgan fingerprint density at radius 2 is 1.67 bits per heavy atom. The minimum absolute atomic E-state index is 0.0321. The summed E-state index contributed by atoms with van der Waals surface area (Å²) in [4.78, 5) is 10.2. The summed E-state index contributed by atoms with van der Waals surface area (Å²) in [5, 5.41) is 14.8. The van der Waals surface area contributed by atoms with E-state index in [4.69, 9.17) is 0 Å². The van der Waals surface area contributed by atoms with Crippen LogP contribution >= 0.6 is 0 Å². The van der Waals surface area contributed by atoms with Crippen LogP contribution in [0.2, 0.25) is 0 Å². The Balaban J connectivity index is 1.90. The molecule has 0 aliphatic rings. The molecule has 104 valence electrons. The van der Waals surface area contributed by atoms with Crippen molar-refractivity contribution in [1.29, 1.82) is 0 Å². The van der Waals surface area contributed by atoms with E-state index in [9.17, 15) is 14.5 Å². The molecular weight excluding hydrogens is 273 g/mol. The highest BCUT2D eigenvalue weighted by molar-refractivity contribution is 5.62. The van der Waals surface area contributed by atoms with E-state index < -0.39 is 4.92 Å². The highest BCUT2D eigenvalue weighted by Crippen LogP contribution is 2.21. The first-order valence-corrected chi connectivity index (χ1v) is 6.19. The summed E-state index contributed by atoms with van der Waals surface area (Å²) in [6, 6.07) is 12.2. The number of nitro benzene ring substituents is 1. The van der Waals surface area contributed by atoms with E-state index in [-0.39, 0.29) is 11.5 Å². The van der Waals surface area contributed by atoms with Crippen LogP contribution in [0, 0.1) is 15.9 Å². The monoisotopic (exact) mass is 283 g/mol. The molecule has 0 amide bonds. The summed E-state index contributed by atoms with van der Waals surface area (Å²) in [7, 11) is 0. The number of rotatable bonds is 3. The predicted octanol–water partition coefficient (Wildman–Crippen LogP) is 3.59. The van der Waals surface area contributed by atoms with Gasteiger partial charge in [-0.25, -0.2) is 9.07 Å². The van der Waals surface area contributed by atoms with Crippen LogP contribution in [0.5, 0.6) is 0 Å². The van der Waals surface area contributed by atoms with Gasteiger partial charge in [-0.1, -0.05) is 12.1 Å². The smallest absolute Gasteiger partial charge is 0.258 e. The fourth-order valence-electron chi connectivity index (χ4n) is 1.98. The third-order valence-corrected chi connectivity index (χ3v) is 3.09. The number of aromatic nitrogens is 2. The average Bonchev–Trinajstić information content (AvgIpc) is 2.98. The number of nitrogens with zero attached hydrogens (tertiary/aromatic N) is 3. The Morgan fingerprint density at radius 3 is 2.29 bits per heavy atom. The predicted molar refractivity (Wildman–Crippen MR) is 75.6 cm³/mol. The second-order valence-electron chi connectivity index (χ2n) is 4.45. The fraction of sp³-hybridized carbons (Fsp3) is 0. The molecule has 1 heterocycles. The van der Waals surface area contributed by atoms with E-state index >= 15 is 0 Å². The number of hydrogen-bond acceptors (Lipinski definition) is 3. The molecule has 3 rings (SSSR count). The second kappa shape index (κ2) is 5.16. The van der Waals surface area contributed by atoms with E-state index in [0.717, 1.165) is 11.1 Å². The molecule has 0 fully saturated rings. The van der Waals surface area contributed by atoms with Gasteiger partial charge in [0.25, 0.3) is 5.69 Å². The molecule has 5 nitrogen and oxygen atoms in total. The van der Waals surface area contributed by atoms with E-state index in [0.29, 0.717) is 5.69 Å². The lowest BCUT2D eigenvalue weighted by Gasteiger charge is -2.00. The van der Waals surface area contributed by atoms with Crippen LogP contribution in [-0.4, -0.2) is 14.7 Å². The molecule has 3 aromatic rings. The molecule has 2 aromatic carbocycles. The van der Waals surface area contributed by atoms with Crippen molar-refractivity contribution < 1.29 is 9.31 Å².